The summed E-state index contributed by atoms with van der Waals surface area (Å²) in [7, 11) is 0. The highest BCUT2D eigenvalue weighted by atomic mass is 19.4. The number of nitrogens with zero attached hydrogens (tertiary/aromatic N) is 2. The third kappa shape index (κ3) is 4.16. The topological polar surface area (TPSA) is 94.0 Å². The van der Waals surface area contributed by atoms with Crippen LogP contribution in [-0.2, 0) is 11.0 Å². The van der Waals surface area contributed by atoms with Crippen LogP contribution in [0.2, 0.25) is 0 Å². The van der Waals surface area contributed by atoms with Crippen LogP contribution in [-0.4, -0.2) is 22.1 Å². The summed E-state index contributed by atoms with van der Waals surface area (Å²) >= 11 is 0. The number of benzene rings is 1. The Hall–Kier alpha value is -2.42. The fourth-order valence-corrected chi connectivity index (χ4v) is 2.93. The van der Waals surface area contributed by atoms with Gasteiger partial charge in [-0.05, 0) is 43.0 Å². The molecule has 6 nitrogen and oxygen atoms in total. The summed E-state index contributed by atoms with van der Waals surface area (Å²) in [5.74, 6) is -1.50. The van der Waals surface area contributed by atoms with Crippen molar-refractivity contribution in [2.24, 2.45) is 11.7 Å². The van der Waals surface area contributed by atoms with Crippen molar-refractivity contribution in [1.29, 1.82) is 0 Å². The minimum Gasteiger partial charge on any atom is -0.329 e. The molecule has 1 amide bonds. The molecule has 0 radical (unpaired) electrons. The van der Waals surface area contributed by atoms with Crippen LogP contribution in [0.1, 0.15) is 31.6 Å². The van der Waals surface area contributed by atoms with Crippen LogP contribution in [0.4, 0.5) is 18.9 Å². The summed E-state index contributed by atoms with van der Waals surface area (Å²) in [4.78, 5) is 15.4. The Labute approximate surface area is 141 Å². The van der Waals surface area contributed by atoms with E-state index in [0.29, 0.717) is 17.7 Å². The Balaban J connectivity index is 1.62. The van der Waals surface area contributed by atoms with Crippen molar-refractivity contribution in [2.75, 3.05) is 5.32 Å². The van der Waals surface area contributed by atoms with Gasteiger partial charge in [-0.15, -0.1) is 0 Å². The second-order valence-corrected chi connectivity index (χ2v) is 6.11. The van der Waals surface area contributed by atoms with E-state index in [-0.39, 0.29) is 23.7 Å². The molecule has 3 N–H and O–H groups in total. The Morgan fingerprint density at radius 1 is 1.28 bits per heavy atom. The van der Waals surface area contributed by atoms with E-state index < -0.39 is 12.1 Å². The Bertz CT molecular complexity index is 743. The van der Waals surface area contributed by atoms with Crippen molar-refractivity contribution in [3.8, 4) is 11.4 Å². The van der Waals surface area contributed by atoms with Gasteiger partial charge in [0.1, 0.15) is 0 Å². The molecule has 1 fully saturated rings. The number of hydrogen-bond acceptors (Lipinski definition) is 5. The number of alkyl halides is 3. The molecule has 0 aliphatic heterocycles. The minimum atomic E-state index is -4.68. The normalized spacial score (nSPS) is 20.6. The predicted molar refractivity (Wildman–Crippen MR) is 83.3 cm³/mol. The molecule has 1 aromatic heterocycles. The average molecular weight is 354 g/mol. The predicted octanol–water partition coefficient (Wildman–Crippen LogP) is 3.21. The van der Waals surface area contributed by atoms with Gasteiger partial charge in [-0.25, -0.2) is 0 Å². The molecule has 134 valence electrons. The molecule has 2 aromatic rings. The van der Waals surface area contributed by atoms with E-state index in [2.05, 4.69) is 20.0 Å². The third-order valence-electron chi connectivity index (χ3n) is 4.26. The maximum absolute atomic E-state index is 12.5. The molecule has 0 bridgehead atoms. The summed E-state index contributed by atoms with van der Waals surface area (Å²) in [6.07, 6.45) is -1.38. The molecule has 3 rings (SSSR count). The van der Waals surface area contributed by atoms with E-state index in [9.17, 15) is 18.0 Å². The van der Waals surface area contributed by atoms with Crippen LogP contribution < -0.4 is 11.1 Å². The first-order chi connectivity index (χ1) is 11.8. The van der Waals surface area contributed by atoms with Crippen LogP contribution in [0.25, 0.3) is 11.4 Å². The van der Waals surface area contributed by atoms with Gasteiger partial charge in [0.25, 0.3) is 0 Å². The number of nitrogens with one attached hydrogen (secondary N) is 1. The molecular weight excluding hydrogens is 337 g/mol. The van der Waals surface area contributed by atoms with Crippen LogP contribution in [0.5, 0.6) is 0 Å². The molecule has 0 spiro atoms. The number of nitrogens with two attached hydrogens (primary N) is 1. The lowest BCUT2D eigenvalue weighted by Gasteiger charge is -2.14. The van der Waals surface area contributed by atoms with Gasteiger partial charge < -0.3 is 15.6 Å². The summed E-state index contributed by atoms with van der Waals surface area (Å²) in [5.41, 5.74) is 6.85. The first kappa shape index (κ1) is 17.4. The maximum Gasteiger partial charge on any atom is 0.471 e. The zero-order valence-electron chi connectivity index (χ0n) is 13.2. The Morgan fingerprint density at radius 3 is 2.56 bits per heavy atom. The maximum atomic E-state index is 12.5. The number of carbonyl (C=O) groups excluding carboxylic acids is 1. The Morgan fingerprint density at radius 2 is 2.00 bits per heavy atom. The molecule has 1 heterocycles. The molecule has 1 aliphatic rings. The summed E-state index contributed by atoms with van der Waals surface area (Å²) in [5, 5.41) is 6.07. The quantitative estimate of drug-likeness (QED) is 0.879. The molecule has 1 saturated carbocycles. The van der Waals surface area contributed by atoms with Crippen LogP contribution in [0.15, 0.2) is 28.8 Å². The minimum absolute atomic E-state index is 0.0641. The highest BCUT2D eigenvalue weighted by molar-refractivity contribution is 5.91. The third-order valence-corrected chi connectivity index (χ3v) is 4.26. The summed E-state index contributed by atoms with van der Waals surface area (Å²) in [6.45, 7) is 0. The number of amides is 1. The lowest BCUT2D eigenvalue weighted by molar-refractivity contribution is -0.159. The van der Waals surface area contributed by atoms with Crippen molar-refractivity contribution in [1.82, 2.24) is 10.1 Å². The van der Waals surface area contributed by atoms with Crippen molar-refractivity contribution < 1.29 is 22.5 Å². The highest BCUT2D eigenvalue weighted by Crippen LogP contribution is 2.30. The summed E-state index contributed by atoms with van der Waals surface area (Å²) in [6, 6.07) is 6.25. The highest BCUT2D eigenvalue weighted by Gasteiger charge is 2.38. The van der Waals surface area contributed by atoms with E-state index in [1.165, 1.54) is 12.1 Å². The van der Waals surface area contributed by atoms with Crippen LogP contribution in [0.3, 0.4) is 0 Å². The van der Waals surface area contributed by atoms with Gasteiger partial charge in [-0.1, -0.05) is 11.6 Å². The van der Waals surface area contributed by atoms with Gasteiger partial charge in [0, 0.05) is 23.7 Å². The van der Waals surface area contributed by atoms with E-state index in [0.717, 1.165) is 19.3 Å². The summed E-state index contributed by atoms with van der Waals surface area (Å²) < 4.78 is 41.6. The van der Waals surface area contributed by atoms with E-state index in [4.69, 9.17) is 5.73 Å². The van der Waals surface area contributed by atoms with Gasteiger partial charge in [0.05, 0.1) is 0 Å². The number of aromatic nitrogens is 2. The smallest absolute Gasteiger partial charge is 0.329 e. The molecule has 9 heteroatoms. The molecule has 1 aromatic carbocycles. The van der Waals surface area contributed by atoms with Crippen molar-refractivity contribution in [2.45, 2.75) is 37.9 Å². The zero-order chi connectivity index (χ0) is 18.0. The molecular formula is C16H17F3N4O2. The fraction of sp³-hybridized carbons (Fsp3) is 0.438. The lowest BCUT2D eigenvalue weighted by Crippen LogP contribution is -2.28. The number of rotatable bonds is 4. The van der Waals surface area contributed by atoms with E-state index >= 15 is 0 Å². The SMILES string of the molecule is N[C@@H]1CCC[C@H]1CC(=O)Nc1ccc(-c2noc(C(F)(F)F)n2)cc1. The van der Waals surface area contributed by atoms with Crippen molar-refractivity contribution >= 4 is 11.6 Å². The largest absolute Gasteiger partial charge is 0.471 e. The van der Waals surface area contributed by atoms with Gasteiger partial charge in [-0.3, -0.25) is 4.79 Å². The zero-order valence-corrected chi connectivity index (χ0v) is 13.2. The van der Waals surface area contributed by atoms with Crippen molar-refractivity contribution in [3.05, 3.63) is 30.2 Å². The standard InChI is InChI=1S/C16H17F3N4O2/c17-16(18,19)15-22-14(23-25-15)9-4-6-11(7-5-9)21-13(24)8-10-2-1-3-12(10)20/h4-7,10,12H,1-3,8,20H2,(H,21,24)/t10-,12+/m0/s1. The lowest BCUT2D eigenvalue weighted by atomic mass is 10.00. The first-order valence-electron chi connectivity index (χ1n) is 7.89. The number of halogens is 3. The van der Waals surface area contributed by atoms with Gasteiger partial charge in [-0.2, -0.15) is 18.2 Å². The monoisotopic (exact) mass is 354 g/mol. The number of carbonyl (C=O) groups is 1. The van der Waals surface area contributed by atoms with Crippen molar-refractivity contribution in [3.63, 3.8) is 0 Å². The molecule has 0 unspecified atom stereocenters. The van der Waals surface area contributed by atoms with E-state index in [1.54, 1.807) is 12.1 Å². The second kappa shape index (κ2) is 6.83. The van der Waals surface area contributed by atoms with Gasteiger partial charge in [0.15, 0.2) is 0 Å². The molecule has 25 heavy (non-hydrogen) atoms. The average Bonchev–Trinajstić information content (AvgIpc) is 3.18. The number of hydrogen-bond donors (Lipinski definition) is 2. The molecule has 0 saturated heterocycles. The van der Waals surface area contributed by atoms with E-state index in [1.807, 2.05) is 0 Å². The second-order valence-electron chi connectivity index (χ2n) is 6.11. The fourth-order valence-electron chi connectivity index (χ4n) is 2.93. The molecule has 1 aliphatic carbocycles. The van der Waals surface area contributed by atoms with Crippen LogP contribution in [0, 0.1) is 5.92 Å². The molecule has 2 atom stereocenters. The van der Waals surface area contributed by atoms with Gasteiger partial charge in [0.2, 0.25) is 11.7 Å². The van der Waals surface area contributed by atoms with Gasteiger partial charge >= 0.3 is 12.1 Å². The van der Waals surface area contributed by atoms with Crippen LogP contribution >= 0.6 is 0 Å². The number of anilines is 1. The Kier molecular flexibility index (Phi) is 4.76. The first-order valence-corrected chi connectivity index (χ1v) is 7.89.